The summed E-state index contributed by atoms with van der Waals surface area (Å²) in [5.41, 5.74) is 5.44. The number of carbonyl (C=O) groups is 2. The summed E-state index contributed by atoms with van der Waals surface area (Å²) in [6, 6.07) is 8.39. The Labute approximate surface area is 121 Å². The number of methoxy groups -OCH3 is 1. The quantitative estimate of drug-likeness (QED) is 0.643. The van der Waals surface area contributed by atoms with Crippen molar-refractivity contribution >= 4 is 29.3 Å². The SMILES string of the molecule is C=C(N)C(C(=O)OC)C(=S)NC(=O)Oc1ccccc1. The van der Waals surface area contributed by atoms with Crippen molar-refractivity contribution in [3.63, 3.8) is 0 Å². The molecule has 0 aliphatic rings. The lowest BCUT2D eigenvalue weighted by atomic mass is 10.1. The molecule has 1 aromatic rings. The maximum absolute atomic E-state index is 11.6. The van der Waals surface area contributed by atoms with Crippen LogP contribution >= 0.6 is 12.2 Å². The molecule has 7 heteroatoms. The fourth-order valence-electron chi connectivity index (χ4n) is 1.34. The van der Waals surface area contributed by atoms with E-state index in [0.29, 0.717) is 5.75 Å². The Kier molecular flexibility index (Phi) is 5.67. The molecule has 20 heavy (non-hydrogen) atoms. The van der Waals surface area contributed by atoms with Crippen LogP contribution in [0.5, 0.6) is 5.75 Å². The van der Waals surface area contributed by atoms with Gasteiger partial charge in [-0.05, 0) is 12.1 Å². The first kappa shape index (κ1) is 15.6. The fourth-order valence-corrected chi connectivity index (χ4v) is 1.67. The normalized spacial score (nSPS) is 11.1. The van der Waals surface area contributed by atoms with Gasteiger partial charge in [-0.15, -0.1) is 0 Å². The van der Waals surface area contributed by atoms with Crippen LogP contribution in [0.1, 0.15) is 0 Å². The largest absolute Gasteiger partial charge is 0.468 e. The predicted molar refractivity (Wildman–Crippen MR) is 77.0 cm³/mol. The molecule has 1 atom stereocenters. The first-order valence-electron chi connectivity index (χ1n) is 5.55. The van der Waals surface area contributed by atoms with E-state index in [0.717, 1.165) is 0 Å². The van der Waals surface area contributed by atoms with Crippen molar-refractivity contribution in [2.24, 2.45) is 11.7 Å². The molecule has 0 spiro atoms. The Bertz CT molecular complexity index is 530. The zero-order valence-corrected chi connectivity index (χ0v) is 11.6. The van der Waals surface area contributed by atoms with Crippen LogP contribution in [-0.4, -0.2) is 24.2 Å². The van der Waals surface area contributed by atoms with E-state index < -0.39 is 18.0 Å². The highest BCUT2D eigenvalue weighted by Gasteiger charge is 2.27. The van der Waals surface area contributed by atoms with E-state index >= 15 is 0 Å². The van der Waals surface area contributed by atoms with E-state index in [1.807, 2.05) is 0 Å². The van der Waals surface area contributed by atoms with E-state index in [9.17, 15) is 9.59 Å². The van der Waals surface area contributed by atoms with Crippen LogP contribution < -0.4 is 15.8 Å². The van der Waals surface area contributed by atoms with Gasteiger partial charge in [-0.2, -0.15) is 0 Å². The summed E-state index contributed by atoms with van der Waals surface area (Å²) in [4.78, 5) is 23.0. The number of esters is 1. The van der Waals surface area contributed by atoms with Gasteiger partial charge in [-0.3, -0.25) is 10.1 Å². The molecule has 1 amide bonds. The van der Waals surface area contributed by atoms with Crippen LogP contribution in [0, 0.1) is 5.92 Å². The van der Waals surface area contributed by atoms with Gasteiger partial charge >= 0.3 is 12.1 Å². The second-order valence-electron chi connectivity index (χ2n) is 3.72. The molecule has 0 radical (unpaired) electrons. The van der Waals surface area contributed by atoms with Crippen molar-refractivity contribution in [1.29, 1.82) is 0 Å². The molecule has 1 aromatic carbocycles. The van der Waals surface area contributed by atoms with Crippen molar-refractivity contribution in [3.8, 4) is 5.75 Å². The van der Waals surface area contributed by atoms with Gasteiger partial charge in [-0.1, -0.05) is 37.0 Å². The smallest absolute Gasteiger partial charge is 0.417 e. The molecular weight excluding hydrogens is 280 g/mol. The number of carbonyl (C=O) groups excluding carboxylic acids is 2. The van der Waals surface area contributed by atoms with Crippen LogP contribution in [-0.2, 0) is 9.53 Å². The molecule has 0 fully saturated rings. The first-order chi connectivity index (χ1) is 9.45. The number of nitrogens with one attached hydrogen (secondary N) is 1. The second-order valence-corrected chi connectivity index (χ2v) is 4.16. The van der Waals surface area contributed by atoms with E-state index in [4.69, 9.17) is 22.7 Å². The second kappa shape index (κ2) is 7.25. The summed E-state index contributed by atoms with van der Waals surface area (Å²) >= 11 is 4.93. The highest BCUT2D eigenvalue weighted by molar-refractivity contribution is 7.80. The molecule has 0 bridgehead atoms. The molecule has 0 saturated carbocycles. The van der Waals surface area contributed by atoms with Crippen molar-refractivity contribution in [3.05, 3.63) is 42.6 Å². The van der Waals surface area contributed by atoms with Crippen molar-refractivity contribution in [2.45, 2.75) is 0 Å². The Balaban J connectivity index is 2.67. The lowest BCUT2D eigenvalue weighted by Gasteiger charge is -2.16. The number of hydrogen-bond acceptors (Lipinski definition) is 6. The molecule has 0 aliphatic carbocycles. The number of thiocarbonyl (C=S) groups is 1. The molecule has 0 aliphatic heterocycles. The third-order valence-corrected chi connectivity index (χ3v) is 2.59. The van der Waals surface area contributed by atoms with Crippen molar-refractivity contribution < 1.29 is 19.1 Å². The van der Waals surface area contributed by atoms with Gasteiger partial charge in [0.2, 0.25) is 0 Å². The molecule has 1 rings (SSSR count). The predicted octanol–water partition coefficient (Wildman–Crippen LogP) is 1.36. The molecular formula is C13H14N2O4S. The van der Waals surface area contributed by atoms with E-state index in [1.165, 1.54) is 7.11 Å². The molecule has 0 heterocycles. The van der Waals surface area contributed by atoms with E-state index in [1.54, 1.807) is 30.3 Å². The highest BCUT2D eigenvalue weighted by Crippen LogP contribution is 2.10. The summed E-state index contributed by atoms with van der Waals surface area (Å²) in [6.45, 7) is 3.43. The maximum Gasteiger partial charge on any atom is 0.417 e. The van der Waals surface area contributed by atoms with Gasteiger partial charge in [0.25, 0.3) is 0 Å². The van der Waals surface area contributed by atoms with Gasteiger partial charge in [0.1, 0.15) is 16.7 Å². The standard InChI is InChI=1S/C13H14N2O4S/c1-8(14)10(12(16)18-2)11(20)15-13(17)19-9-6-4-3-5-7-9/h3-7,10H,1,14H2,2H3,(H,15,17,20). The van der Waals surface area contributed by atoms with Crippen molar-refractivity contribution in [2.75, 3.05) is 7.11 Å². The highest BCUT2D eigenvalue weighted by atomic mass is 32.1. The molecule has 0 saturated heterocycles. The number of amides is 1. The van der Waals surface area contributed by atoms with Crippen LogP contribution in [0.2, 0.25) is 0 Å². The zero-order chi connectivity index (χ0) is 15.1. The summed E-state index contributed by atoms with van der Waals surface area (Å²) in [5, 5.41) is 2.25. The third-order valence-electron chi connectivity index (χ3n) is 2.25. The van der Waals surface area contributed by atoms with Crippen LogP contribution in [0.3, 0.4) is 0 Å². The Morgan fingerprint density at radius 3 is 2.45 bits per heavy atom. The number of ether oxygens (including phenoxy) is 2. The van der Waals surface area contributed by atoms with E-state index in [-0.39, 0.29) is 10.7 Å². The minimum atomic E-state index is -1.10. The Morgan fingerprint density at radius 1 is 1.35 bits per heavy atom. The molecule has 0 aromatic heterocycles. The fraction of sp³-hybridized carbons (Fsp3) is 0.154. The van der Waals surface area contributed by atoms with Crippen molar-refractivity contribution in [1.82, 2.24) is 5.32 Å². The van der Waals surface area contributed by atoms with Gasteiger partial charge in [0.15, 0.2) is 0 Å². The zero-order valence-electron chi connectivity index (χ0n) is 10.8. The number of nitrogens with two attached hydrogens (primary N) is 1. The third kappa shape index (κ3) is 4.36. The monoisotopic (exact) mass is 294 g/mol. The number of hydrogen-bond donors (Lipinski definition) is 2. The van der Waals surface area contributed by atoms with Crippen LogP contribution in [0.4, 0.5) is 4.79 Å². The number of benzene rings is 1. The lowest BCUT2D eigenvalue weighted by molar-refractivity contribution is -0.141. The van der Waals surface area contributed by atoms with Gasteiger partial charge in [-0.25, -0.2) is 4.79 Å². The molecule has 3 N–H and O–H groups in total. The summed E-state index contributed by atoms with van der Waals surface area (Å²) in [6.07, 6.45) is -0.823. The van der Waals surface area contributed by atoms with Crippen LogP contribution in [0.25, 0.3) is 0 Å². The Morgan fingerprint density at radius 2 is 1.95 bits per heavy atom. The molecule has 106 valence electrons. The average Bonchev–Trinajstić information content (AvgIpc) is 2.38. The van der Waals surface area contributed by atoms with Gasteiger partial charge in [0, 0.05) is 5.70 Å². The minimum Gasteiger partial charge on any atom is -0.468 e. The molecule has 6 nitrogen and oxygen atoms in total. The minimum absolute atomic E-state index is 0.0261. The van der Waals surface area contributed by atoms with Crippen LogP contribution in [0.15, 0.2) is 42.6 Å². The van der Waals surface area contributed by atoms with E-state index in [2.05, 4.69) is 16.6 Å². The summed E-state index contributed by atoms with van der Waals surface area (Å²) < 4.78 is 9.50. The van der Waals surface area contributed by atoms with Gasteiger partial charge < -0.3 is 15.2 Å². The average molecular weight is 294 g/mol. The number of rotatable bonds is 4. The molecule has 1 unspecified atom stereocenters. The van der Waals surface area contributed by atoms with Gasteiger partial charge in [0.05, 0.1) is 7.11 Å². The Hall–Kier alpha value is -2.41. The summed E-state index contributed by atoms with van der Waals surface area (Å²) in [5.74, 6) is -1.46. The summed E-state index contributed by atoms with van der Waals surface area (Å²) in [7, 11) is 1.18. The lowest BCUT2D eigenvalue weighted by Crippen LogP contribution is -2.41. The number of para-hydroxylation sites is 1. The maximum atomic E-state index is 11.6. The first-order valence-corrected chi connectivity index (χ1v) is 5.96. The topological polar surface area (TPSA) is 90.7 Å².